The van der Waals surface area contributed by atoms with Gasteiger partial charge in [0.2, 0.25) is 0 Å². The Morgan fingerprint density at radius 1 is 1.13 bits per heavy atom. The molecule has 0 aliphatic carbocycles. The number of aromatic nitrogens is 3. The van der Waals surface area contributed by atoms with Gasteiger partial charge in [-0.05, 0) is 44.5 Å². The molecule has 0 bridgehead atoms. The van der Waals surface area contributed by atoms with E-state index in [2.05, 4.69) is 4.98 Å². The summed E-state index contributed by atoms with van der Waals surface area (Å²) in [5.74, 6) is -0.115. The van der Waals surface area contributed by atoms with E-state index in [1.807, 2.05) is 43.3 Å². The van der Waals surface area contributed by atoms with E-state index in [1.165, 1.54) is 25.5 Å². The average molecular weight is 436 g/mol. The number of ether oxygens (including phenoxy) is 1. The lowest BCUT2D eigenvalue weighted by Gasteiger charge is -2.17. The van der Waals surface area contributed by atoms with Crippen molar-refractivity contribution < 1.29 is 14.3 Å². The number of fused-ring (bicyclic) bond motifs is 3. The maximum atomic E-state index is 13.7. The molecule has 0 saturated carbocycles. The van der Waals surface area contributed by atoms with Crippen LogP contribution in [0.1, 0.15) is 19.4 Å². The van der Waals surface area contributed by atoms with Gasteiger partial charge in [0.05, 0.1) is 12.8 Å². The number of carbonyl (C=O) groups excluding carboxylic acids is 2. The van der Waals surface area contributed by atoms with Crippen LogP contribution in [0.3, 0.4) is 0 Å². The minimum absolute atomic E-state index is 0.251. The van der Waals surface area contributed by atoms with E-state index < -0.39 is 5.25 Å². The normalized spacial score (nSPS) is 11.4. The van der Waals surface area contributed by atoms with E-state index in [-0.39, 0.29) is 22.3 Å². The molecule has 2 aromatic heterocycles. The molecular formula is C23H21N3O4S. The van der Waals surface area contributed by atoms with Gasteiger partial charge in [0.25, 0.3) is 5.56 Å². The van der Waals surface area contributed by atoms with Gasteiger partial charge in [-0.15, -0.1) is 0 Å². The highest BCUT2D eigenvalue weighted by atomic mass is 32.2. The molecule has 0 amide bonds. The van der Waals surface area contributed by atoms with Crippen LogP contribution in [0.25, 0.3) is 27.6 Å². The standard InChI is InChI=1S/C23H21N3O4S/c1-12-9-10-18(30-4)17(11-12)26-22(29)20-19(15-7-5-6-8-16(15)24-20)25-23(26)31-21(13(2)27)14(3)28/h5-11,21,24H,1-4H3. The maximum Gasteiger partial charge on any atom is 0.283 e. The fourth-order valence-corrected chi connectivity index (χ4v) is 4.54. The number of hydrogen-bond donors (Lipinski definition) is 1. The first-order valence-corrected chi connectivity index (χ1v) is 10.6. The molecule has 8 heteroatoms. The molecule has 0 unspecified atom stereocenters. The number of aromatic amines is 1. The number of methoxy groups -OCH3 is 1. The third-order valence-corrected chi connectivity index (χ3v) is 6.42. The number of nitrogens with one attached hydrogen (secondary N) is 1. The lowest BCUT2D eigenvalue weighted by Crippen LogP contribution is -2.27. The van der Waals surface area contributed by atoms with Crippen molar-refractivity contribution in [2.75, 3.05) is 7.11 Å². The third kappa shape index (κ3) is 3.63. The largest absolute Gasteiger partial charge is 0.495 e. The number of benzene rings is 2. The van der Waals surface area contributed by atoms with Crippen molar-refractivity contribution in [1.29, 1.82) is 0 Å². The molecule has 7 nitrogen and oxygen atoms in total. The average Bonchev–Trinajstić information content (AvgIpc) is 3.10. The first-order valence-electron chi connectivity index (χ1n) is 9.68. The zero-order valence-electron chi connectivity index (χ0n) is 17.6. The molecule has 4 aromatic rings. The zero-order valence-corrected chi connectivity index (χ0v) is 18.4. The van der Waals surface area contributed by atoms with Gasteiger partial charge in [-0.1, -0.05) is 36.0 Å². The summed E-state index contributed by atoms with van der Waals surface area (Å²) in [6.07, 6.45) is 0. The van der Waals surface area contributed by atoms with Crippen molar-refractivity contribution in [3.8, 4) is 11.4 Å². The van der Waals surface area contributed by atoms with E-state index >= 15 is 0 Å². The Bertz CT molecular complexity index is 1390. The molecule has 0 spiro atoms. The predicted octanol–water partition coefficient (Wildman–Crippen LogP) is 3.82. The topological polar surface area (TPSA) is 94.0 Å². The molecule has 0 atom stereocenters. The number of para-hydroxylation sites is 1. The van der Waals surface area contributed by atoms with Gasteiger partial charge < -0.3 is 9.72 Å². The fourth-order valence-electron chi connectivity index (χ4n) is 3.57. The monoisotopic (exact) mass is 435 g/mol. The Morgan fingerprint density at radius 2 is 1.84 bits per heavy atom. The van der Waals surface area contributed by atoms with E-state index in [4.69, 9.17) is 9.72 Å². The molecule has 0 aliphatic heterocycles. The lowest BCUT2D eigenvalue weighted by molar-refractivity contribution is -0.123. The minimum Gasteiger partial charge on any atom is -0.495 e. The first-order chi connectivity index (χ1) is 14.8. The van der Waals surface area contributed by atoms with Gasteiger partial charge in [-0.25, -0.2) is 9.55 Å². The summed E-state index contributed by atoms with van der Waals surface area (Å²) in [6.45, 7) is 4.63. The Labute approximate surface area is 182 Å². The molecule has 158 valence electrons. The van der Waals surface area contributed by atoms with Crippen LogP contribution in [0.5, 0.6) is 5.75 Å². The lowest BCUT2D eigenvalue weighted by atomic mass is 10.2. The smallest absolute Gasteiger partial charge is 0.283 e. The Kier molecular flexibility index (Phi) is 5.41. The molecule has 31 heavy (non-hydrogen) atoms. The number of H-pyrrole nitrogens is 1. The minimum atomic E-state index is -0.961. The van der Waals surface area contributed by atoms with E-state index in [9.17, 15) is 14.4 Å². The highest BCUT2D eigenvalue weighted by Gasteiger charge is 2.26. The van der Waals surface area contributed by atoms with Crippen LogP contribution < -0.4 is 10.3 Å². The Hall–Kier alpha value is -3.39. The number of carbonyl (C=O) groups is 2. The number of aryl methyl sites for hydroxylation is 1. The second-order valence-electron chi connectivity index (χ2n) is 7.32. The highest BCUT2D eigenvalue weighted by molar-refractivity contribution is 8.01. The van der Waals surface area contributed by atoms with Crippen LogP contribution in [0.2, 0.25) is 0 Å². The van der Waals surface area contributed by atoms with Crippen molar-refractivity contribution in [1.82, 2.24) is 14.5 Å². The van der Waals surface area contributed by atoms with E-state index in [1.54, 1.807) is 6.07 Å². The number of nitrogens with zero attached hydrogens (tertiary/aromatic N) is 2. The third-order valence-electron chi connectivity index (χ3n) is 5.03. The first kappa shape index (κ1) is 20.9. The van der Waals surface area contributed by atoms with Crippen molar-refractivity contribution in [3.63, 3.8) is 0 Å². The van der Waals surface area contributed by atoms with E-state index in [0.29, 0.717) is 22.5 Å². The van der Waals surface area contributed by atoms with Gasteiger partial charge in [-0.3, -0.25) is 14.4 Å². The van der Waals surface area contributed by atoms with Gasteiger partial charge in [0, 0.05) is 10.9 Å². The van der Waals surface area contributed by atoms with Crippen LogP contribution in [-0.4, -0.2) is 38.5 Å². The Morgan fingerprint density at radius 3 is 2.52 bits per heavy atom. The number of Topliss-reactive ketones (excluding diaryl/α,β-unsaturated/α-hetero) is 2. The number of hydrogen-bond acceptors (Lipinski definition) is 6. The quantitative estimate of drug-likeness (QED) is 0.281. The fraction of sp³-hybridized carbons (Fsp3) is 0.217. The summed E-state index contributed by atoms with van der Waals surface area (Å²) in [4.78, 5) is 45.8. The SMILES string of the molecule is COc1ccc(C)cc1-n1c(SC(C(C)=O)C(C)=O)nc2c([nH]c3ccccc32)c1=O. The summed E-state index contributed by atoms with van der Waals surface area (Å²) in [5.41, 5.74) is 2.70. The molecule has 0 radical (unpaired) electrons. The van der Waals surface area contributed by atoms with Gasteiger partial charge in [0.15, 0.2) is 16.7 Å². The van der Waals surface area contributed by atoms with Crippen LogP contribution in [0.4, 0.5) is 0 Å². The van der Waals surface area contributed by atoms with Crippen LogP contribution >= 0.6 is 11.8 Å². The summed E-state index contributed by atoms with van der Waals surface area (Å²) in [5, 5.41) is 0.0835. The molecular weight excluding hydrogens is 414 g/mol. The predicted molar refractivity (Wildman–Crippen MR) is 121 cm³/mol. The van der Waals surface area contributed by atoms with E-state index in [0.717, 1.165) is 28.2 Å². The molecule has 2 heterocycles. The van der Waals surface area contributed by atoms with Gasteiger partial charge >= 0.3 is 0 Å². The molecule has 1 N–H and O–H groups in total. The molecule has 2 aromatic carbocycles. The second-order valence-corrected chi connectivity index (χ2v) is 8.40. The van der Waals surface area contributed by atoms with Crippen LogP contribution in [-0.2, 0) is 9.59 Å². The van der Waals surface area contributed by atoms with Crippen molar-refractivity contribution in [2.24, 2.45) is 0 Å². The maximum absolute atomic E-state index is 13.7. The summed E-state index contributed by atoms with van der Waals surface area (Å²) in [7, 11) is 1.52. The van der Waals surface area contributed by atoms with Gasteiger partial charge in [0.1, 0.15) is 22.0 Å². The van der Waals surface area contributed by atoms with Crippen molar-refractivity contribution in [2.45, 2.75) is 31.2 Å². The van der Waals surface area contributed by atoms with Crippen LogP contribution in [0, 0.1) is 6.92 Å². The highest BCUT2D eigenvalue weighted by Crippen LogP contribution is 2.32. The molecule has 0 aliphatic rings. The zero-order chi connectivity index (χ0) is 22.3. The molecule has 0 saturated heterocycles. The van der Waals surface area contributed by atoms with Crippen LogP contribution in [0.15, 0.2) is 52.4 Å². The van der Waals surface area contributed by atoms with Crippen molar-refractivity contribution >= 4 is 45.3 Å². The number of rotatable bonds is 6. The summed E-state index contributed by atoms with van der Waals surface area (Å²) < 4.78 is 6.90. The number of ketones is 2. The van der Waals surface area contributed by atoms with Gasteiger partial charge in [-0.2, -0.15) is 0 Å². The van der Waals surface area contributed by atoms with Crippen molar-refractivity contribution in [3.05, 3.63) is 58.4 Å². The molecule has 4 rings (SSSR count). The summed E-state index contributed by atoms with van der Waals surface area (Å²) in [6, 6.07) is 13.0. The Balaban J connectivity index is 2.10. The summed E-state index contributed by atoms with van der Waals surface area (Å²) >= 11 is 0.976. The number of thioether (sulfide) groups is 1. The molecule has 0 fully saturated rings. The second kappa shape index (κ2) is 8.03.